The van der Waals surface area contributed by atoms with Crippen LogP contribution in [0.2, 0.25) is 0 Å². The van der Waals surface area contributed by atoms with E-state index in [2.05, 4.69) is 29.9 Å². The van der Waals surface area contributed by atoms with Crippen LogP contribution in [0.5, 0.6) is 5.75 Å². The van der Waals surface area contributed by atoms with Crippen LogP contribution in [-0.2, 0) is 15.9 Å². The monoisotopic (exact) mass is 657 g/mol. The number of benzene rings is 1. The summed E-state index contributed by atoms with van der Waals surface area (Å²) in [6, 6.07) is 6.57. The maximum atomic E-state index is 13.1. The van der Waals surface area contributed by atoms with Gasteiger partial charge in [0.1, 0.15) is 5.75 Å². The van der Waals surface area contributed by atoms with Gasteiger partial charge in [-0.1, -0.05) is 47.9 Å². The molecule has 5 unspecified atom stereocenters. The number of hydrogen-bond donors (Lipinski definition) is 0. The molecule has 1 aromatic carbocycles. The first-order chi connectivity index (χ1) is 20.8. The van der Waals surface area contributed by atoms with Gasteiger partial charge in [-0.15, -0.1) is 0 Å². The zero-order valence-electron chi connectivity index (χ0n) is 26.2. The molecule has 0 saturated heterocycles. The molecule has 0 bridgehead atoms. The number of halogens is 6. The SMILES string of the molecule is [2H]CCCCSSCCCOc1ccc2c(c1)CCC1C2CCC2(C)C(OCCCOC(C)(C(F)(F)F)C(F)(F)F)CCC12. The van der Waals surface area contributed by atoms with E-state index in [-0.39, 0.29) is 31.5 Å². The van der Waals surface area contributed by atoms with Gasteiger partial charge in [0, 0.05) is 19.5 Å². The van der Waals surface area contributed by atoms with Crippen molar-refractivity contribution in [2.45, 2.75) is 115 Å². The third kappa shape index (κ3) is 7.97. The molecule has 0 aliphatic heterocycles. The molecular formula is C32H46F6O3S2. The number of hydrogen-bond acceptors (Lipinski definition) is 5. The molecule has 0 amide bonds. The minimum absolute atomic E-state index is 0.0338. The highest BCUT2D eigenvalue weighted by molar-refractivity contribution is 8.76. The van der Waals surface area contributed by atoms with Crippen molar-refractivity contribution in [2.24, 2.45) is 17.3 Å². The average Bonchev–Trinajstić information content (AvgIpc) is 3.30. The Kier molecular flexibility index (Phi) is 11.5. The first-order valence-corrected chi connectivity index (χ1v) is 18.0. The third-order valence-electron chi connectivity index (χ3n) is 9.89. The van der Waals surface area contributed by atoms with Crippen LogP contribution in [0.15, 0.2) is 18.2 Å². The summed E-state index contributed by atoms with van der Waals surface area (Å²) in [6.45, 7) is 2.90. The van der Waals surface area contributed by atoms with Crippen molar-refractivity contribution in [1.29, 1.82) is 0 Å². The fourth-order valence-electron chi connectivity index (χ4n) is 7.35. The summed E-state index contributed by atoms with van der Waals surface area (Å²) in [6.07, 6.45) is -2.11. The van der Waals surface area contributed by atoms with Crippen molar-refractivity contribution in [3.8, 4) is 5.75 Å². The largest absolute Gasteiger partial charge is 0.494 e. The van der Waals surface area contributed by atoms with Gasteiger partial charge >= 0.3 is 12.4 Å². The van der Waals surface area contributed by atoms with Crippen molar-refractivity contribution in [1.82, 2.24) is 0 Å². The lowest BCUT2D eigenvalue weighted by Gasteiger charge is -2.50. The number of fused-ring (bicyclic) bond motifs is 5. The smallest absolute Gasteiger partial charge is 0.426 e. The van der Waals surface area contributed by atoms with Crippen LogP contribution in [0.4, 0.5) is 26.3 Å². The highest BCUT2D eigenvalue weighted by Crippen LogP contribution is 2.61. The molecule has 5 atom stereocenters. The molecule has 0 N–H and O–H groups in total. The van der Waals surface area contributed by atoms with E-state index in [1.807, 2.05) is 21.6 Å². The maximum absolute atomic E-state index is 13.1. The maximum Gasteiger partial charge on any atom is 0.426 e. The number of rotatable bonds is 15. The molecule has 2 fully saturated rings. The summed E-state index contributed by atoms with van der Waals surface area (Å²) in [5.41, 5.74) is -1.43. The quantitative estimate of drug-likeness (QED) is 0.106. The summed E-state index contributed by atoms with van der Waals surface area (Å²) in [4.78, 5) is 0. The highest BCUT2D eigenvalue weighted by Gasteiger charge is 2.69. The molecule has 0 heterocycles. The van der Waals surface area contributed by atoms with E-state index in [0.29, 0.717) is 31.3 Å². The van der Waals surface area contributed by atoms with Gasteiger partial charge in [-0.05, 0) is 111 Å². The van der Waals surface area contributed by atoms with E-state index < -0.39 is 24.6 Å². The topological polar surface area (TPSA) is 27.7 Å². The molecule has 3 aliphatic carbocycles. The second-order valence-corrected chi connectivity index (χ2v) is 15.2. The molecule has 246 valence electrons. The lowest BCUT2D eigenvalue weighted by Crippen LogP contribution is -2.56. The Morgan fingerprint density at radius 3 is 2.40 bits per heavy atom. The summed E-state index contributed by atoms with van der Waals surface area (Å²) >= 11 is 0. The number of alkyl halides is 6. The molecule has 4 rings (SSSR count). The van der Waals surface area contributed by atoms with Crippen molar-refractivity contribution in [3.05, 3.63) is 29.3 Å². The summed E-state index contributed by atoms with van der Waals surface area (Å²) in [7, 11) is 3.76. The molecule has 3 nitrogen and oxygen atoms in total. The van der Waals surface area contributed by atoms with E-state index in [9.17, 15) is 26.3 Å². The van der Waals surface area contributed by atoms with Crippen LogP contribution >= 0.6 is 21.6 Å². The molecule has 0 radical (unpaired) electrons. The van der Waals surface area contributed by atoms with E-state index >= 15 is 0 Å². The summed E-state index contributed by atoms with van der Waals surface area (Å²) in [5, 5.41) is 0. The van der Waals surface area contributed by atoms with E-state index in [0.717, 1.165) is 75.0 Å². The van der Waals surface area contributed by atoms with Gasteiger partial charge in [0.15, 0.2) is 0 Å². The van der Waals surface area contributed by atoms with E-state index in [1.165, 1.54) is 11.1 Å². The molecule has 1 aromatic rings. The Hall–Kier alpha value is -0.780. The molecule has 2 saturated carbocycles. The molecule has 0 spiro atoms. The second kappa shape index (κ2) is 14.8. The van der Waals surface area contributed by atoms with Crippen LogP contribution in [0.3, 0.4) is 0 Å². The Balaban J connectivity index is 1.23. The van der Waals surface area contributed by atoms with Gasteiger partial charge in [0.05, 0.1) is 19.3 Å². The predicted molar refractivity (Wildman–Crippen MR) is 162 cm³/mol. The Bertz CT molecular complexity index is 1040. The van der Waals surface area contributed by atoms with E-state index in [4.69, 9.17) is 10.8 Å². The third-order valence-corrected chi connectivity index (χ3v) is 12.5. The van der Waals surface area contributed by atoms with Gasteiger partial charge in [0.2, 0.25) is 0 Å². The van der Waals surface area contributed by atoms with Crippen LogP contribution in [0.25, 0.3) is 0 Å². The predicted octanol–water partition coefficient (Wildman–Crippen LogP) is 10.2. The summed E-state index contributed by atoms with van der Waals surface area (Å²) < 4.78 is 102. The van der Waals surface area contributed by atoms with Crippen molar-refractivity contribution < 1.29 is 41.9 Å². The Labute approximate surface area is 261 Å². The summed E-state index contributed by atoms with van der Waals surface area (Å²) in [5.74, 6) is 4.59. The van der Waals surface area contributed by atoms with Gasteiger partial charge in [-0.2, -0.15) is 26.3 Å². The van der Waals surface area contributed by atoms with Crippen molar-refractivity contribution in [2.75, 3.05) is 31.3 Å². The highest BCUT2D eigenvalue weighted by atomic mass is 33.1. The minimum atomic E-state index is -5.55. The first-order valence-electron chi connectivity index (χ1n) is 16.2. The molecule has 11 heteroatoms. The van der Waals surface area contributed by atoms with Crippen LogP contribution in [-0.4, -0.2) is 55.4 Å². The number of ether oxygens (including phenoxy) is 3. The van der Waals surface area contributed by atoms with Crippen LogP contribution in [0.1, 0.15) is 97.0 Å². The van der Waals surface area contributed by atoms with E-state index in [1.54, 1.807) is 0 Å². The second-order valence-electron chi connectivity index (χ2n) is 12.5. The van der Waals surface area contributed by atoms with Gasteiger partial charge < -0.3 is 14.2 Å². The molecule has 0 aromatic heterocycles. The fourth-order valence-corrected chi connectivity index (χ4v) is 9.55. The lowest BCUT2D eigenvalue weighted by molar-refractivity contribution is -0.374. The van der Waals surface area contributed by atoms with Gasteiger partial charge in [-0.3, -0.25) is 0 Å². The lowest BCUT2D eigenvalue weighted by atomic mass is 9.55. The Morgan fingerprint density at radius 2 is 1.67 bits per heavy atom. The normalized spacial score (nSPS) is 27.8. The molecular weight excluding hydrogens is 610 g/mol. The van der Waals surface area contributed by atoms with Crippen molar-refractivity contribution >= 4 is 21.6 Å². The molecule has 43 heavy (non-hydrogen) atoms. The van der Waals surface area contributed by atoms with Gasteiger partial charge in [-0.25, -0.2) is 0 Å². The van der Waals surface area contributed by atoms with Crippen LogP contribution in [0, 0.1) is 17.3 Å². The van der Waals surface area contributed by atoms with Crippen molar-refractivity contribution in [3.63, 3.8) is 0 Å². The molecule has 3 aliphatic rings. The number of aryl methyl sites for hydroxylation is 1. The Morgan fingerprint density at radius 1 is 0.930 bits per heavy atom. The minimum Gasteiger partial charge on any atom is -0.494 e. The average molecular weight is 658 g/mol. The first kappa shape index (κ1) is 33.6. The standard InChI is InChI=1S/C32H46F6O3S2/c1-4-5-19-42-43-20-7-17-39-23-9-11-24-22(21-23)8-10-26-25(24)14-15-29(2)27(26)12-13-28(29)40-16-6-18-41-30(3,31(33,34)35)32(36,37)38/h9,11,21,25-28H,4-8,10,12-20H2,1-3H3/i1D. The van der Waals surface area contributed by atoms with Gasteiger partial charge in [0.25, 0.3) is 5.60 Å². The van der Waals surface area contributed by atoms with Crippen LogP contribution < -0.4 is 4.74 Å². The fraction of sp³-hybridized carbons (Fsp3) is 0.812. The number of unbranched alkanes of at least 4 members (excludes halogenated alkanes) is 1. The zero-order chi connectivity index (χ0) is 32.0. The zero-order valence-corrected chi connectivity index (χ0v) is 26.8.